The van der Waals surface area contributed by atoms with Crippen LogP contribution in [0.4, 0.5) is 0 Å². The molecule has 2 aromatic heterocycles. The van der Waals surface area contributed by atoms with Gasteiger partial charge >= 0.3 is 0 Å². The van der Waals surface area contributed by atoms with Gasteiger partial charge in [0, 0.05) is 32.7 Å². The smallest absolute Gasteiger partial charge is 0.264 e. The fraction of sp³-hybridized carbons (Fsp3) is 0. The Bertz CT molecular complexity index is 2330. The highest BCUT2D eigenvalue weighted by molar-refractivity contribution is 6.40. The molecule has 0 spiro atoms. The average molecular weight is 463 g/mol. The van der Waals surface area contributed by atoms with Crippen molar-refractivity contribution in [1.29, 1.82) is 0 Å². The largest absolute Gasteiger partial charge is 0.288 e. The van der Waals surface area contributed by atoms with E-state index in [-0.39, 0.29) is 17.4 Å². The van der Waals surface area contributed by atoms with Gasteiger partial charge in [0.2, 0.25) is 0 Å². The third-order valence-corrected chi connectivity index (χ3v) is 7.85. The molecule has 6 aromatic carbocycles. The van der Waals surface area contributed by atoms with Crippen LogP contribution in [0, 0.1) is 0 Å². The molecular formula is C30H13N3O3. The number of nitrogens with one attached hydrogen (secondary N) is 1. The van der Waals surface area contributed by atoms with E-state index >= 15 is 0 Å². The highest BCUT2D eigenvalue weighted by Gasteiger charge is 2.28. The van der Waals surface area contributed by atoms with E-state index in [1.165, 1.54) is 0 Å². The number of hydrogen-bond donors (Lipinski definition) is 1. The second-order valence-corrected chi connectivity index (χ2v) is 9.49. The lowest BCUT2D eigenvalue weighted by Gasteiger charge is -2.21. The second kappa shape index (κ2) is 5.75. The Morgan fingerprint density at radius 1 is 0.556 bits per heavy atom. The highest BCUT2D eigenvalue weighted by Crippen LogP contribution is 2.45. The number of nitrogens with zero attached hydrogens (tertiary/aromatic N) is 2. The molecule has 3 heterocycles. The van der Waals surface area contributed by atoms with E-state index in [2.05, 4.69) is 11.4 Å². The number of imidazole rings is 1. The average Bonchev–Trinajstić information content (AvgIpc) is 3.29. The van der Waals surface area contributed by atoms with Crippen LogP contribution in [0.2, 0.25) is 0 Å². The lowest BCUT2D eigenvalue weighted by atomic mass is 9.84. The van der Waals surface area contributed by atoms with Crippen LogP contribution in [-0.2, 0) is 0 Å². The van der Waals surface area contributed by atoms with Crippen molar-refractivity contribution >= 4 is 82.4 Å². The van der Waals surface area contributed by atoms with Crippen LogP contribution in [-0.4, -0.2) is 21.2 Å². The first-order chi connectivity index (χ1) is 17.6. The van der Waals surface area contributed by atoms with E-state index in [1.54, 1.807) is 16.5 Å². The summed E-state index contributed by atoms with van der Waals surface area (Å²) >= 11 is 0. The van der Waals surface area contributed by atoms with Gasteiger partial charge in [-0.25, -0.2) is 4.98 Å². The monoisotopic (exact) mass is 463 g/mol. The minimum Gasteiger partial charge on any atom is -0.288 e. The molecule has 0 saturated heterocycles. The van der Waals surface area contributed by atoms with Crippen LogP contribution < -0.4 is 10.9 Å². The van der Waals surface area contributed by atoms with Gasteiger partial charge in [-0.15, -0.1) is 0 Å². The Hall–Kier alpha value is -5.10. The van der Waals surface area contributed by atoms with E-state index in [4.69, 9.17) is 4.98 Å². The molecule has 0 unspecified atom stereocenters. The summed E-state index contributed by atoms with van der Waals surface area (Å²) in [6, 6.07) is 23.2. The van der Waals surface area contributed by atoms with Crippen molar-refractivity contribution < 1.29 is 9.59 Å². The van der Waals surface area contributed by atoms with Crippen molar-refractivity contribution in [3.63, 3.8) is 0 Å². The molecule has 36 heavy (non-hydrogen) atoms. The summed E-state index contributed by atoms with van der Waals surface area (Å²) in [5.41, 5.74) is 3.14. The van der Waals surface area contributed by atoms with Gasteiger partial charge in [0.25, 0.3) is 17.4 Å². The number of hydrogen-bond acceptors (Lipinski definition) is 4. The standard InChI is InChI=1S/C30H13N3O3/c34-28-18-10-6-14-13-5-9-17-25-20(30(36)33-22-4-2-1-3-21(22)31-27(17)33)12-8-16(23(13)25)15-7-11-19(29(35)32-28)26(18)24(14)15/h1-12H,(H,32,34,35). The zero-order valence-electron chi connectivity index (χ0n) is 18.5. The molecular weight excluding hydrogens is 450 g/mol. The molecule has 1 aliphatic rings. The Labute approximate surface area is 201 Å². The van der Waals surface area contributed by atoms with Gasteiger partial charge in [0.05, 0.1) is 11.0 Å². The van der Waals surface area contributed by atoms with Crippen molar-refractivity contribution in [2.75, 3.05) is 0 Å². The predicted octanol–water partition coefficient (Wildman–Crippen LogP) is 5.37. The molecule has 0 radical (unpaired) electrons. The summed E-state index contributed by atoms with van der Waals surface area (Å²) in [5.74, 6) is -0.756. The normalized spacial score (nSPS) is 14.0. The van der Waals surface area contributed by atoms with Crippen LogP contribution in [0.25, 0.3) is 70.5 Å². The number of carbonyl (C=O) groups excluding carboxylic acids is 2. The minimum absolute atomic E-state index is 0.0896. The first kappa shape index (κ1) is 18.3. The number of rotatable bonds is 0. The highest BCUT2D eigenvalue weighted by atomic mass is 16.2. The van der Waals surface area contributed by atoms with E-state index in [0.29, 0.717) is 27.5 Å². The quantitative estimate of drug-likeness (QED) is 0.186. The molecule has 1 N–H and O–H groups in total. The van der Waals surface area contributed by atoms with Gasteiger partial charge in [0.15, 0.2) is 0 Å². The minimum atomic E-state index is -0.378. The lowest BCUT2D eigenvalue weighted by molar-refractivity contribution is 0.0845. The van der Waals surface area contributed by atoms with Gasteiger partial charge in [-0.2, -0.15) is 0 Å². The molecule has 0 saturated carbocycles. The van der Waals surface area contributed by atoms with Crippen LogP contribution in [0.15, 0.2) is 77.6 Å². The third kappa shape index (κ3) is 1.86. The van der Waals surface area contributed by atoms with E-state index in [0.717, 1.165) is 54.1 Å². The maximum absolute atomic E-state index is 13.8. The second-order valence-electron chi connectivity index (χ2n) is 9.49. The number of aromatic nitrogens is 2. The molecule has 6 nitrogen and oxygen atoms in total. The summed E-state index contributed by atoms with van der Waals surface area (Å²) in [6.07, 6.45) is 0. The van der Waals surface area contributed by atoms with Gasteiger partial charge < -0.3 is 0 Å². The summed E-state index contributed by atoms with van der Waals surface area (Å²) in [5, 5.41) is 11.4. The molecule has 8 aromatic rings. The number of para-hydroxylation sites is 2. The van der Waals surface area contributed by atoms with Crippen molar-refractivity contribution in [3.8, 4) is 0 Å². The van der Waals surface area contributed by atoms with E-state index in [1.807, 2.05) is 54.6 Å². The first-order valence-corrected chi connectivity index (χ1v) is 11.7. The fourth-order valence-corrected chi connectivity index (χ4v) is 6.40. The maximum atomic E-state index is 13.8. The Morgan fingerprint density at radius 3 is 1.78 bits per heavy atom. The Kier molecular flexibility index (Phi) is 2.92. The van der Waals surface area contributed by atoms with Crippen molar-refractivity contribution in [3.05, 3.63) is 94.3 Å². The number of fused-ring (bicyclic) bond motifs is 6. The third-order valence-electron chi connectivity index (χ3n) is 7.85. The van der Waals surface area contributed by atoms with Gasteiger partial charge in [-0.05, 0) is 68.7 Å². The molecule has 0 fully saturated rings. The number of carbonyl (C=O) groups is 2. The first-order valence-electron chi connectivity index (χ1n) is 11.7. The number of imide groups is 1. The summed E-state index contributed by atoms with van der Waals surface area (Å²) < 4.78 is 1.71. The van der Waals surface area contributed by atoms with Gasteiger partial charge in [0.1, 0.15) is 5.65 Å². The number of pyridine rings is 1. The SMILES string of the molecule is O=C1NC(=O)c2ccc3c4ccc5c6c(ccc(c7ccc1c2c73)c46)c(=O)n1c2ccccc2nc51. The topological polar surface area (TPSA) is 80.5 Å². The van der Waals surface area contributed by atoms with Crippen molar-refractivity contribution in [2.45, 2.75) is 0 Å². The number of amides is 2. The molecule has 1 aliphatic heterocycles. The molecule has 6 heteroatoms. The van der Waals surface area contributed by atoms with Gasteiger partial charge in [-0.1, -0.05) is 36.4 Å². The Morgan fingerprint density at radius 2 is 1.08 bits per heavy atom. The van der Waals surface area contributed by atoms with Crippen LogP contribution in [0.1, 0.15) is 20.7 Å². The Balaban J connectivity index is 1.59. The van der Waals surface area contributed by atoms with Crippen molar-refractivity contribution in [1.82, 2.24) is 14.7 Å². The van der Waals surface area contributed by atoms with Crippen LogP contribution >= 0.6 is 0 Å². The molecule has 0 atom stereocenters. The summed E-state index contributed by atoms with van der Waals surface area (Å²) in [4.78, 5) is 43.9. The molecule has 166 valence electrons. The predicted molar refractivity (Wildman–Crippen MR) is 141 cm³/mol. The fourth-order valence-electron chi connectivity index (χ4n) is 6.40. The van der Waals surface area contributed by atoms with Crippen LogP contribution in [0.5, 0.6) is 0 Å². The van der Waals surface area contributed by atoms with Crippen LogP contribution in [0.3, 0.4) is 0 Å². The molecule has 9 rings (SSSR count). The van der Waals surface area contributed by atoms with E-state index < -0.39 is 0 Å². The molecule has 0 aliphatic carbocycles. The lowest BCUT2D eigenvalue weighted by Crippen LogP contribution is -2.34. The molecule has 2 amide bonds. The summed E-state index contributed by atoms with van der Waals surface area (Å²) in [7, 11) is 0. The van der Waals surface area contributed by atoms with E-state index in [9.17, 15) is 14.4 Å². The molecule has 0 bridgehead atoms. The summed E-state index contributed by atoms with van der Waals surface area (Å²) in [6.45, 7) is 0. The number of benzene rings is 6. The van der Waals surface area contributed by atoms with Crippen molar-refractivity contribution in [2.24, 2.45) is 0 Å². The zero-order valence-corrected chi connectivity index (χ0v) is 18.5. The van der Waals surface area contributed by atoms with Gasteiger partial charge in [-0.3, -0.25) is 24.1 Å². The zero-order chi connectivity index (χ0) is 23.9. The maximum Gasteiger partial charge on any atom is 0.264 e.